The molecule has 0 aromatic carbocycles. The van der Waals surface area contributed by atoms with Gasteiger partial charge in [0, 0.05) is 5.41 Å². The van der Waals surface area contributed by atoms with Crippen LogP contribution in [0.2, 0.25) is 0 Å². The van der Waals surface area contributed by atoms with Crippen LogP contribution >= 0.6 is 0 Å². The van der Waals surface area contributed by atoms with Crippen molar-refractivity contribution in [3.8, 4) is 0 Å². The Morgan fingerprint density at radius 1 is 1.10 bits per heavy atom. The largest absolute Gasteiger partial charge is 0.382 e. The average molecular weight is 274 g/mol. The molecule has 4 heteroatoms. The molecular formula is C16H26N4. The van der Waals surface area contributed by atoms with Crippen molar-refractivity contribution >= 4 is 5.82 Å². The number of rotatable bonds is 2. The van der Waals surface area contributed by atoms with E-state index in [0.717, 1.165) is 29.3 Å². The zero-order valence-corrected chi connectivity index (χ0v) is 12.6. The predicted octanol–water partition coefficient (Wildman–Crippen LogP) is 2.77. The molecule has 5 rings (SSSR count). The number of anilines is 1. The molecule has 0 amide bonds. The highest BCUT2D eigenvalue weighted by atomic mass is 15.4. The van der Waals surface area contributed by atoms with Gasteiger partial charge in [-0.25, -0.2) is 9.66 Å². The maximum absolute atomic E-state index is 6.29. The van der Waals surface area contributed by atoms with Crippen LogP contribution in [-0.4, -0.2) is 9.66 Å². The number of nitrogen functional groups attached to an aromatic ring is 2. The lowest BCUT2D eigenvalue weighted by molar-refractivity contribution is -0.0103. The predicted molar refractivity (Wildman–Crippen MR) is 80.7 cm³/mol. The van der Waals surface area contributed by atoms with Crippen molar-refractivity contribution < 1.29 is 0 Å². The van der Waals surface area contributed by atoms with Crippen LogP contribution in [0.15, 0.2) is 0 Å². The molecule has 0 aliphatic heterocycles. The Labute approximate surface area is 120 Å². The topological polar surface area (TPSA) is 69.9 Å². The molecule has 4 saturated carbocycles. The number of hydrogen-bond acceptors (Lipinski definition) is 3. The zero-order chi connectivity index (χ0) is 14.1. The Morgan fingerprint density at radius 2 is 1.60 bits per heavy atom. The third-order valence-electron chi connectivity index (χ3n) is 6.04. The molecule has 0 saturated heterocycles. The Hall–Kier alpha value is -1.19. The second-order valence-electron chi connectivity index (χ2n) is 7.93. The fourth-order valence-electron chi connectivity index (χ4n) is 5.65. The van der Waals surface area contributed by atoms with Crippen molar-refractivity contribution in [2.75, 3.05) is 11.6 Å². The normalized spacial score (nSPS) is 38.9. The molecule has 1 heterocycles. The van der Waals surface area contributed by atoms with Crippen LogP contribution in [-0.2, 0) is 5.41 Å². The van der Waals surface area contributed by atoms with Crippen LogP contribution in [0.1, 0.15) is 69.8 Å². The quantitative estimate of drug-likeness (QED) is 0.815. The second kappa shape index (κ2) is 3.92. The van der Waals surface area contributed by atoms with Crippen LogP contribution in [0.4, 0.5) is 5.82 Å². The fourth-order valence-corrected chi connectivity index (χ4v) is 5.65. The van der Waals surface area contributed by atoms with Gasteiger partial charge in [-0.1, -0.05) is 13.8 Å². The van der Waals surface area contributed by atoms with E-state index in [-0.39, 0.29) is 5.41 Å². The first kappa shape index (κ1) is 12.5. The lowest BCUT2D eigenvalue weighted by Gasteiger charge is -2.56. The third-order valence-corrected chi connectivity index (χ3v) is 6.04. The van der Waals surface area contributed by atoms with Gasteiger partial charge in [-0.05, 0) is 62.2 Å². The minimum Gasteiger partial charge on any atom is -0.382 e. The standard InChI is InChI=1S/C16H26N4/c1-9(2)13-14(17)20(18)15(19-13)16-6-10-3-11(7-16)5-12(4-10)8-16/h9-12H,3-8,17-18H2,1-2H3. The first-order chi connectivity index (χ1) is 9.48. The summed E-state index contributed by atoms with van der Waals surface area (Å²) in [5, 5.41) is 0. The Kier molecular flexibility index (Phi) is 2.46. The smallest absolute Gasteiger partial charge is 0.146 e. The van der Waals surface area contributed by atoms with E-state index in [2.05, 4.69) is 13.8 Å². The van der Waals surface area contributed by atoms with E-state index in [1.807, 2.05) is 0 Å². The van der Waals surface area contributed by atoms with E-state index in [4.69, 9.17) is 16.6 Å². The molecule has 4 nitrogen and oxygen atoms in total. The van der Waals surface area contributed by atoms with Crippen molar-refractivity contribution in [2.24, 2.45) is 17.8 Å². The lowest BCUT2D eigenvalue weighted by Crippen LogP contribution is -2.50. The number of nitrogens with zero attached hydrogens (tertiary/aromatic N) is 2. The molecule has 4 aliphatic rings. The van der Waals surface area contributed by atoms with Crippen molar-refractivity contribution in [3.63, 3.8) is 0 Å². The van der Waals surface area contributed by atoms with Gasteiger partial charge in [-0.3, -0.25) is 0 Å². The first-order valence-corrected chi connectivity index (χ1v) is 8.12. The Balaban J connectivity index is 1.79. The van der Waals surface area contributed by atoms with Gasteiger partial charge in [0.1, 0.15) is 11.6 Å². The van der Waals surface area contributed by atoms with Gasteiger partial charge < -0.3 is 11.6 Å². The lowest BCUT2D eigenvalue weighted by atomic mass is 9.49. The average Bonchev–Trinajstić information content (AvgIpc) is 2.65. The second-order valence-corrected chi connectivity index (χ2v) is 7.93. The van der Waals surface area contributed by atoms with Gasteiger partial charge in [0.15, 0.2) is 0 Å². The minimum absolute atomic E-state index is 0.227. The molecule has 4 bridgehead atoms. The number of aromatic nitrogens is 2. The monoisotopic (exact) mass is 274 g/mol. The van der Waals surface area contributed by atoms with E-state index in [1.165, 1.54) is 38.5 Å². The number of hydrogen-bond donors (Lipinski definition) is 2. The van der Waals surface area contributed by atoms with Crippen molar-refractivity contribution in [1.82, 2.24) is 9.66 Å². The summed E-state index contributed by atoms with van der Waals surface area (Å²) in [5.41, 5.74) is 7.41. The van der Waals surface area contributed by atoms with Gasteiger partial charge >= 0.3 is 0 Å². The molecule has 1 aromatic rings. The van der Waals surface area contributed by atoms with E-state index in [9.17, 15) is 0 Å². The van der Waals surface area contributed by atoms with Gasteiger partial charge in [0.25, 0.3) is 0 Å². The molecule has 4 fully saturated rings. The molecule has 4 N–H and O–H groups in total. The molecule has 0 radical (unpaired) electrons. The molecule has 0 atom stereocenters. The molecular weight excluding hydrogens is 248 g/mol. The van der Waals surface area contributed by atoms with E-state index in [0.29, 0.717) is 11.7 Å². The molecule has 4 aliphatic carbocycles. The van der Waals surface area contributed by atoms with Crippen molar-refractivity contribution in [1.29, 1.82) is 0 Å². The van der Waals surface area contributed by atoms with Crippen molar-refractivity contribution in [2.45, 2.75) is 63.7 Å². The third kappa shape index (κ3) is 1.57. The Morgan fingerprint density at radius 3 is 2.00 bits per heavy atom. The van der Waals surface area contributed by atoms with Crippen LogP contribution in [0.5, 0.6) is 0 Å². The van der Waals surface area contributed by atoms with Gasteiger partial charge in [-0.2, -0.15) is 0 Å². The highest BCUT2D eigenvalue weighted by Gasteiger charge is 2.53. The maximum atomic E-state index is 6.29. The highest BCUT2D eigenvalue weighted by Crippen LogP contribution is 2.60. The minimum atomic E-state index is 0.227. The first-order valence-electron chi connectivity index (χ1n) is 8.12. The molecule has 0 spiro atoms. The molecule has 1 aromatic heterocycles. The summed E-state index contributed by atoms with van der Waals surface area (Å²) in [6, 6.07) is 0. The van der Waals surface area contributed by atoms with Gasteiger partial charge in [0.2, 0.25) is 0 Å². The molecule has 0 unspecified atom stereocenters. The zero-order valence-electron chi connectivity index (χ0n) is 12.6. The van der Waals surface area contributed by atoms with E-state index < -0.39 is 0 Å². The van der Waals surface area contributed by atoms with Gasteiger partial charge in [0.05, 0.1) is 5.69 Å². The van der Waals surface area contributed by atoms with Gasteiger partial charge in [-0.15, -0.1) is 0 Å². The van der Waals surface area contributed by atoms with Crippen LogP contribution < -0.4 is 11.6 Å². The van der Waals surface area contributed by atoms with E-state index in [1.54, 1.807) is 4.68 Å². The summed E-state index contributed by atoms with van der Waals surface area (Å²) in [4.78, 5) is 4.91. The van der Waals surface area contributed by atoms with E-state index >= 15 is 0 Å². The number of nitrogens with two attached hydrogens (primary N) is 2. The summed E-state index contributed by atoms with van der Waals surface area (Å²) in [5.74, 6) is 11.1. The molecule has 20 heavy (non-hydrogen) atoms. The number of imidazole rings is 1. The summed E-state index contributed by atoms with van der Waals surface area (Å²) in [6.07, 6.45) is 8.17. The molecule has 110 valence electrons. The summed E-state index contributed by atoms with van der Waals surface area (Å²) >= 11 is 0. The maximum Gasteiger partial charge on any atom is 0.146 e. The summed E-state index contributed by atoms with van der Waals surface area (Å²) in [6.45, 7) is 4.28. The van der Waals surface area contributed by atoms with Crippen molar-refractivity contribution in [3.05, 3.63) is 11.5 Å². The Bertz CT molecular complexity index is 508. The van der Waals surface area contributed by atoms with Crippen LogP contribution in [0.3, 0.4) is 0 Å². The highest BCUT2D eigenvalue weighted by molar-refractivity contribution is 5.42. The summed E-state index contributed by atoms with van der Waals surface area (Å²) in [7, 11) is 0. The van der Waals surface area contributed by atoms with Crippen LogP contribution in [0, 0.1) is 17.8 Å². The van der Waals surface area contributed by atoms with Crippen LogP contribution in [0.25, 0.3) is 0 Å². The summed E-state index contributed by atoms with van der Waals surface area (Å²) < 4.78 is 1.71. The fraction of sp³-hybridized carbons (Fsp3) is 0.812. The SMILES string of the molecule is CC(C)c1nc(C23CC4CC(CC(C4)C2)C3)n(N)c1N.